The Morgan fingerprint density at radius 3 is 2.42 bits per heavy atom. The van der Waals surface area contributed by atoms with E-state index in [9.17, 15) is 0 Å². The minimum absolute atomic E-state index is 0.117. The summed E-state index contributed by atoms with van der Waals surface area (Å²) in [5.41, 5.74) is 1.26. The molecule has 0 aliphatic heterocycles. The van der Waals surface area contributed by atoms with Crippen LogP contribution in [0.4, 0.5) is 0 Å². The molecule has 0 saturated heterocycles. The first-order chi connectivity index (χ1) is 9.15. The van der Waals surface area contributed by atoms with E-state index >= 15 is 0 Å². The lowest BCUT2D eigenvalue weighted by Gasteiger charge is -2.25. The Hall–Kier alpha value is -1.22. The summed E-state index contributed by atoms with van der Waals surface area (Å²) >= 11 is 0. The van der Waals surface area contributed by atoms with Crippen LogP contribution in [0, 0.1) is 0 Å². The van der Waals surface area contributed by atoms with Gasteiger partial charge in [-0.25, -0.2) is 0 Å². The van der Waals surface area contributed by atoms with E-state index in [4.69, 9.17) is 9.47 Å². The zero-order valence-corrected chi connectivity index (χ0v) is 12.8. The summed E-state index contributed by atoms with van der Waals surface area (Å²) in [4.78, 5) is 0. The number of likely N-dealkylation sites (N-methyl/N-ethyl adjacent to an activating group) is 1. The summed E-state index contributed by atoms with van der Waals surface area (Å²) in [5, 5.41) is 3.45. The number of methoxy groups -OCH3 is 1. The Kier molecular flexibility index (Phi) is 6.71. The lowest BCUT2D eigenvalue weighted by molar-refractivity contribution is 0.162. The molecule has 3 nitrogen and oxygen atoms in total. The van der Waals surface area contributed by atoms with Crippen LogP contribution in [0.15, 0.2) is 18.2 Å². The van der Waals surface area contributed by atoms with Crippen molar-refractivity contribution >= 4 is 0 Å². The predicted molar refractivity (Wildman–Crippen MR) is 80.2 cm³/mol. The van der Waals surface area contributed by atoms with Gasteiger partial charge in [0, 0.05) is 6.04 Å². The van der Waals surface area contributed by atoms with E-state index in [1.807, 2.05) is 6.07 Å². The van der Waals surface area contributed by atoms with Crippen molar-refractivity contribution in [1.29, 1.82) is 0 Å². The maximum atomic E-state index is 6.05. The van der Waals surface area contributed by atoms with Gasteiger partial charge in [0.1, 0.15) is 6.10 Å². The molecule has 0 aliphatic rings. The van der Waals surface area contributed by atoms with Crippen molar-refractivity contribution in [2.45, 2.75) is 52.7 Å². The molecule has 1 aromatic carbocycles. The molecule has 0 aromatic heterocycles. The third-order valence-corrected chi connectivity index (χ3v) is 3.42. The number of nitrogens with one attached hydrogen (secondary N) is 1. The number of ether oxygens (including phenoxy) is 2. The van der Waals surface area contributed by atoms with Crippen LogP contribution >= 0.6 is 0 Å². The third-order valence-electron chi connectivity index (χ3n) is 3.42. The highest BCUT2D eigenvalue weighted by Gasteiger charge is 2.17. The Morgan fingerprint density at radius 2 is 1.89 bits per heavy atom. The van der Waals surface area contributed by atoms with Crippen LogP contribution in [-0.4, -0.2) is 25.8 Å². The molecule has 1 rings (SSSR count). The van der Waals surface area contributed by atoms with Crippen molar-refractivity contribution in [3.05, 3.63) is 23.8 Å². The lowest BCUT2D eigenvalue weighted by Crippen LogP contribution is -2.40. The summed E-state index contributed by atoms with van der Waals surface area (Å²) in [6, 6.07) is 6.52. The van der Waals surface area contributed by atoms with Crippen LogP contribution in [0.5, 0.6) is 11.5 Å². The zero-order valence-electron chi connectivity index (χ0n) is 12.8. The van der Waals surface area contributed by atoms with Gasteiger partial charge in [-0.2, -0.15) is 0 Å². The minimum atomic E-state index is 0.117. The smallest absolute Gasteiger partial charge is 0.161 e. The van der Waals surface area contributed by atoms with Crippen LogP contribution in [0.2, 0.25) is 0 Å². The van der Waals surface area contributed by atoms with Crippen molar-refractivity contribution in [2.24, 2.45) is 0 Å². The molecule has 2 atom stereocenters. The molecule has 0 fully saturated rings. The summed E-state index contributed by atoms with van der Waals surface area (Å²) in [5.74, 6) is 1.64. The SMILES string of the molecule is CCNC(CC)C(C)Oc1ccc(CC)cc1OC. The number of benzene rings is 1. The molecule has 0 bridgehead atoms. The van der Waals surface area contributed by atoms with Gasteiger partial charge in [0.2, 0.25) is 0 Å². The lowest BCUT2D eigenvalue weighted by atomic mass is 10.1. The van der Waals surface area contributed by atoms with Gasteiger partial charge in [-0.05, 0) is 44.0 Å². The van der Waals surface area contributed by atoms with Gasteiger partial charge in [-0.1, -0.05) is 26.8 Å². The van der Waals surface area contributed by atoms with Crippen LogP contribution in [0.1, 0.15) is 39.7 Å². The van der Waals surface area contributed by atoms with E-state index in [1.54, 1.807) is 7.11 Å². The highest BCUT2D eigenvalue weighted by atomic mass is 16.5. The third kappa shape index (κ3) is 4.43. The van der Waals surface area contributed by atoms with Gasteiger partial charge in [-0.3, -0.25) is 0 Å². The van der Waals surface area contributed by atoms with Gasteiger partial charge in [0.25, 0.3) is 0 Å². The molecule has 0 saturated carbocycles. The summed E-state index contributed by atoms with van der Waals surface area (Å²) in [6.45, 7) is 9.48. The summed E-state index contributed by atoms with van der Waals surface area (Å²) in [6.07, 6.45) is 2.16. The molecule has 0 amide bonds. The number of rotatable bonds is 8. The molecule has 3 heteroatoms. The van der Waals surface area contributed by atoms with Gasteiger partial charge < -0.3 is 14.8 Å². The maximum Gasteiger partial charge on any atom is 0.161 e. The molecule has 0 heterocycles. The van der Waals surface area contributed by atoms with E-state index in [0.29, 0.717) is 6.04 Å². The Balaban J connectivity index is 2.80. The van der Waals surface area contributed by atoms with Gasteiger partial charge >= 0.3 is 0 Å². The first-order valence-corrected chi connectivity index (χ1v) is 7.23. The van der Waals surface area contributed by atoms with Gasteiger partial charge in [0.05, 0.1) is 7.11 Å². The molecular formula is C16H27NO2. The van der Waals surface area contributed by atoms with E-state index in [-0.39, 0.29) is 6.10 Å². The maximum absolute atomic E-state index is 6.05. The predicted octanol–water partition coefficient (Wildman–Crippen LogP) is 3.41. The van der Waals surface area contributed by atoms with E-state index < -0.39 is 0 Å². The number of aryl methyl sites for hydroxylation is 1. The topological polar surface area (TPSA) is 30.5 Å². The molecule has 1 aromatic rings. The van der Waals surface area contributed by atoms with E-state index in [0.717, 1.165) is 30.9 Å². The van der Waals surface area contributed by atoms with E-state index in [1.165, 1.54) is 5.56 Å². The zero-order chi connectivity index (χ0) is 14.3. The standard InChI is InChI=1S/C16H27NO2/c1-6-13-9-10-15(16(11-13)18-5)19-12(4)14(7-2)17-8-3/h9-12,14,17H,6-8H2,1-5H3. The van der Waals surface area contributed by atoms with Gasteiger partial charge in [-0.15, -0.1) is 0 Å². The second-order valence-corrected chi connectivity index (χ2v) is 4.73. The fourth-order valence-electron chi connectivity index (χ4n) is 2.22. The Bertz CT molecular complexity index is 379. The minimum Gasteiger partial charge on any atom is -0.493 e. The molecule has 0 radical (unpaired) electrons. The average Bonchev–Trinajstić information content (AvgIpc) is 2.44. The monoisotopic (exact) mass is 265 g/mol. The fourth-order valence-corrected chi connectivity index (χ4v) is 2.22. The van der Waals surface area contributed by atoms with Crippen molar-refractivity contribution in [1.82, 2.24) is 5.32 Å². The molecule has 1 N–H and O–H groups in total. The first-order valence-electron chi connectivity index (χ1n) is 7.23. The Morgan fingerprint density at radius 1 is 1.16 bits per heavy atom. The quantitative estimate of drug-likeness (QED) is 0.781. The normalized spacial score (nSPS) is 13.9. The van der Waals surface area contributed by atoms with Crippen molar-refractivity contribution in [2.75, 3.05) is 13.7 Å². The van der Waals surface area contributed by atoms with E-state index in [2.05, 4.69) is 45.1 Å². The average molecular weight is 265 g/mol. The van der Waals surface area contributed by atoms with Crippen LogP contribution in [0.3, 0.4) is 0 Å². The Labute approximate surface area is 117 Å². The van der Waals surface area contributed by atoms with Crippen molar-refractivity contribution in [3.8, 4) is 11.5 Å². The van der Waals surface area contributed by atoms with Crippen molar-refractivity contribution < 1.29 is 9.47 Å². The molecule has 2 unspecified atom stereocenters. The summed E-state index contributed by atoms with van der Waals surface area (Å²) in [7, 11) is 1.69. The molecule has 0 aliphatic carbocycles. The van der Waals surface area contributed by atoms with Crippen molar-refractivity contribution in [3.63, 3.8) is 0 Å². The number of hydrogen-bond acceptors (Lipinski definition) is 3. The van der Waals surface area contributed by atoms with Crippen LogP contribution in [0.25, 0.3) is 0 Å². The second-order valence-electron chi connectivity index (χ2n) is 4.73. The highest BCUT2D eigenvalue weighted by Crippen LogP contribution is 2.29. The fraction of sp³-hybridized carbons (Fsp3) is 0.625. The molecule has 0 spiro atoms. The second kappa shape index (κ2) is 8.05. The highest BCUT2D eigenvalue weighted by molar-refractivity contribution is 5.43. The van der Waals surface area contributed by atoms with Gasteiger partial charge in [0.15, 0.2) is 11.5 Å². The van der Waals surface area contributed by atoms with Crippen LogP contribution < -0.4 is 14.8 Å². The summed E-state index contributed by atoms with van der Waals surface area (Å²) < 4.78 is 11.5. The molecular weight excluding hydrogens is 238 g/mol. The molecule has 19 heavy (non-hydrogen) atoms. The molecule has 108 valence electrons. The first kappa shape index (κ1) is 15.8. The number of hydrogen-bond donors (Lipinski definition) is 1. The van der Waals surface area contributed by atoms with Crippen LogP contribution in [-0.2, 0) is 6.42 Å². The largest absolute Gasteiger partial charge is 0.493 e.